The van der Waals surface area contributed by atoms with Gasteiger partial charge in [0.2, 0.25) is 5.91 Å². The maximum absolute atomic E-state index is 11.9. The number of hydrogen-bond acceptors (Lipinski definition) is 3. The Labute approximate surface area is 105 Å². The fourth-order valence-corrected chi connectivity index (χ4v) is 2.00. The van der Waals surface area contributed by atoms with Gasteiger partial charge >= 0.3 is 0 Å². The SMILES string of the molecule is C=C1CCCC(=O)N(c2ccc([N+](=O)[O-])cc2)C1. The van der Waals surface area contributed by atoms with Crippen molar-refractivity contribution in [3.63, 3.8) is 0 Å². The number of nitrogens with zero attached hydrogens (tertiary/aromatic N) is 2. The number of nitro groups is 1. The van der Waals surface area contributed by atoms with E-state index in [4.69, 9.17) is 0 Å². The molecule has 2 rings (SSSR count). The zero-order valence-electron chi connectivity index (χ0n) is 9.96. The maximum atomic E-state index is 11.9. The van der Waals surface area contributed by atoms with Crippen LogP contribution in [0.15, 0.2) is 36.4 Å². The van der Waals surface area contributed by atoms with Crippen LogP contribution in [0.5, 0.6) is 0 Å². The number of nitro benzene ring substituents is 1. The van der Waals surface area contributed by atoms with Gasteiger partial charge < -0.3 is 4.90 Å². The molecule has 0 radical (unpaired) electrons. The molecule has 18 heavy (non-hydrogen) atoms. The Kier molecular flexibility index (Phi) is 3.41. The molecule has 1 heterocycles. The van der Waals surface area contributed by atoms with Crippen molar-refractivity contribution in [2.24, 2.45) is 0 Å². The number of carbonyl (C=O) groups is 1. The minimum absolute atomic E-state index is 0.0276. The number of non-ortho nitro benzene ring substituents is 1. The molecule has 5 nitrogen and oxygen atoms in total. The Bertz CT molecular complexity index is 493. The molecule has 0 atom stereocenters. The molecular weight excluding hydrogens is 232 g/mol. The van der Waals surface area contributed by atoms with E-state index < -0.39 is 4.92 Å². The van der Waals surface area contributed by atoms with Crippen molar-refractivity contribution < 1.29 is 9.72 Å². The summed E-state index contributed by atoms with van der Waals surface area (Å²) in [6.45, 7) is 4.42. The van der Waals surface area contributed by atoms with E-state index in [2.05, 4.69) is 6.58 Å². The van der Waals surface area contributed by atoms with E-state index in [1.165, 1.54) is 12.1 Å². The van der Waals surface area contributed by atoms with Gasteiger partial charge in [-0.25, -0.2) is 0 Å². The lowest BCUT2D eigenvalue weighted by Crippen LogP contribution is -2.30. The van der Waals surface area contributed by atoms with Gasteiger partial charge in [0.1, 0.15) is 0 Å². The van der Waals surface area contributed by atoms with Crippen molar-refractivity contribution in [2.45, 2.75) is 19.3 Å². The first-order valence-corrected chi connectivity index (χ1v) is 5.79. The molecule has 1 fully saturated rings. The second-order valence-electron chi connectivity index (χ2n) is 4.36. The summed E-state index contributed by atoms with van der Waals surface area (Å²) in [5.74, 6) is 0.0440. The molecule has 0 aliphatic carbocycles. The van der Waals surface area contributed by atoms with E-state index in [0.717, 1.165) is 18.4 Å². The van der Waals surface area contributed by atoms with Gasteiger partial charge in [-0.15, -0.1) is 0 Å². The van der Waals surface area contributed by atoms with Crippen LogP contribution >= 0.6 is 0 Å². The van der Waals surface area contributed by atoms with Crippen molar-refractivity contribution in [1.82, 2.24) is 0 Å². The zero-order valence-corrected chi connectivity index (χ0v) is 9.96. The average molecular weight is 246 g/mol. The third kappa shape index (κ3) is 2.56. The minimum Gasteiger partial charge on any atom is -0.308 e. The molecule has 1 aliphatic rings. The maximum Gasteiger partial charge on any atom is 0.269 e. The van der Waals surface area contributed by atoms with Crippen LogP contribution in [-0.2, 0) is 4.79 Å². The van der Waals surface area contributed by atoms with Crippen molar-refractivity contribution in [1.29, 1.82) is 0 Å². The normalized spacial score (nSPS) is 16.6. The predicted molar refractivity (Wildman–Crippen MR) is 68.4 cm³/mol. The largest absolute Gasteiger partial charge is 0.308 e. The standard InChI is InChI=1S/C13H14N2O3/c1-10-3-2-4-13(16)14(9-10)11-5-7-12(8-6-11)15(17)18/h5-8H,1-4,9H2. The number of carbonyl (C=O) groups excluding carboxylic acids is 1. The molecule has 1 aromatic carbocycles. The first-order valence-electron chi connectivity index (χ1n) is 5.79. The van der Waals surface area contributed by atoms with Gasteiger partial charge in [0, 0.05) is 30.8 Å². The summed E-state index contributed by atoms with van der Waals surface area (Å²) >= 11 is 0. The Morgan fingerprint density at radius 2 is 1.89 bits per heavy atom. The molecule has 1 aliphatic heterocycles. The summed E-state index contributed by atoms with van der Waals surface area (Å²) in [4.78, 5) is 23.7. The van der Waals surface area contributed by atoms with Crippen LogP contribution in [0, 0.1) is 10.1 Å². The highest BCUT2D eigenvalue weighted by atomic mass is 16.6. The molecule has 0 aromatic heterocycles. The van der Waals surface area contributed by atoms with E-state index in [1.54, 1.807) is 17.0 Å². The Morgan fingerprint density at radius 1 is 1.22 bits per heavy atom. The van der Waals surface area contributed by atoms with Crippen LogP contribution in [0.4, 0.5) is 11.4 Å². The molecule has 0 spiro atoms. The summed E-state index contributed by atoms with van der Waals surface area (Å²) in [6, 6.07) is 6.04. The monoisotopic (exact) mass is 246 g/mol. The summed E-state index contributed by atoms with van der Waals surface area (Å²) < 4.78 is 0. The van der Waals surface area contributed by atoms with Gasteiger partial charge in [0.05, 0.1) is 4.92 Å². The lowest BCUT2D eigenvalue weighted by atomic mass is 10.1. The lowest BCUT2D eigenvalue weighted by Gasteiger charge is -2.21. The average Bonchev–Trinajstić information content (AvgIpc) is 2.51. The molecule has 5 heteroatoms. The van der Waals surface area contributed by atoms with Gasteiger partial charge in [-0.2, -0.15) is 0 Å². The number of benzene rings is 1. The third-order valence-electron chi connectivity index (χ3n) is 2.98. The van der Waals surface area contributed by atoms with Crippen LogP contribution in [0.25, 0.3) is 0 Å². The quantitative estimate of drug-likeness (QED) is 0.458. The number of hydrogen-bond donors (Lipinski definition) is 0. The first-order chi connectivity index (χ1) is 8.58. The highest BCUT2D eigenvalue weighted by molar-refractivity contribution is 5.94. The third-order valence-corrected chi connectivity index (χ3v) is 2.98. The Morgan fingerprint density at radius 3 is 2.50 bits per heavy atom. The second-order valence-corrected chi connectivity index (χ2v) is 4.36. The van der Waals surface area contributed by atoms with Gasteiger partial charge in [0.25, 0.3) is 5.69 Å². The number of rotatable bonds is 2. The Balaban J connectivity index is 2.25. The van der Waals surface area contributed by atoms with Crippen LogP contribution in [0.1, 0.15) is 19.3 Å². The summed E-state index contributed by atoms with van der Waals surface area (Å²) in [7, 11) is 0. The molecule has 0 unspecified atom stereocenters. The molecular formula is C13H14N2O3. The Hall–Kier alpha value is -2.17. The van der Waals surface area contributed by atoms with E-state index in [9.17, 15) is 14.9 Å². The topological polar surface area (TPSA) is 63.5 Å². The van der Waals surface area contributed by atoms with E-state index in [0.29, 0.717) is 18.7 Å². The van der Waals surface area contributed by atoms with Gasteiger partial charge in [-0.3, -0.25) is 14.9 Å². The molecule has 1 saturated heterocycles. The van der Waals surface area contributed by atoms with Crippen molar-refractivity contribution in [2.75, 3.05) is 11.4 Å². The predicted octanol–water partition coefficient (Wildman–Crippen LogP) is 2.67. The number of amides is 1. The van der Waals surface area contributed by atoms with Crippen LogP contribution in [0.2, 0.25) is 0 Å². The molecule has 94 valence electrons. The number of anilines is 1. The zero-order chi connectivity index (χ0) is 13.1. The van der Waals surface area contributed by atoms with Crippen LogP contribution < -0.4 is 4.90 Å². The molecule has 0 bridgehead atoms. The molecule has 0 saturated carbocycles. The fourth-order valence-electron chi connectivity index (χ4n) is 2.00. The minimum atomic E-state index is -0.451. The summed E-state index contributed by atoms with van der Waals surface area (Å²) in [6.07, 6.45) is 2.17. The van der Waals surface area contributed by atoms with Gasteiger partial charge in [-0.05, 0) is 25.0 Å². The van der Waals surface area contributed by atoms with Crippen LogP contribution in [-0.4, -0.2) is 17.4 Å². The summed E-state index contributed by atoms with van der Waals surface area (Å²) in [5, 5.41) is 10.6. The van der Waals surface area contributed by atoms with E-state index in [1.807, 2.05) is 0 Å². The molecule has 0 N–H and O–H groups in total. The van der Waals surface area contributed by atoms with Crippen molar-refractivity contribution in [3.8, 4) is 0 Å². The summed E-state index contributed by atoms with van der Waals surface area (Å²) in [5.41, 5.74) is 1.73. The smallest absolute Gasteiger partial charge is 0.269 e. The fraction of sp³-hybridized carbons (Fsp3) is 0.308. The van der Waals surface area contributed by atoms with E-state index >= 15 is 0 Å². The molecule has 1 amide bonds. The van der Waals surface area contributed by atoms with Crippen molar-refractivity contribution in [3.05, 3.63) is 46.5 Å². The molecule has 1 aromatic rings. The van der Waals surface area contributed by atoms with Crippen LogP contribution in [0.3, 0.4) is 0 Å². The highest BCUT2D eigenvalue weighted by Gasteiger charge is 2.20. The van der Waals surface area contributed by atoms with E-state index in [-0.39, 0.29) is 11.6 Å². The van der Waals surface area contributed by atoms with Crippen molar-refractivity contribution >= 4 is 17.3 Å². The first kappa shape index (κ1) is 12.3. The second kappa shape index (κ2) is 5.00. The highest BCUT2D eigenvalue weighted by Crippen LogP contribution is 2.24. The van der Waals surface area contributed by atoms with Gasteiger partial charge in [-0.1, -0.05) is 12.2 Å². The van der Waals surface area contributed by atoms with Gasteiger partial charge in [0.15, 0.2) is 0 Å². The lowest BCUT2D eigenvalue weighted by molar-refractivity contribution is -0.384.